The lowest BCUT2D eigenvalue weighted by atomic mass is 9.71. The van der Waals surface area contributed by atoms with Gasteiger partial charge in [-0.05, 0) is 266 Å². The maximum Gasteiger partial charge on any atom is -0.0106 e. The average molecular weight is 757 g/mol. The number of hydrogen-bond acceptors (Lipinski definition) is 0. The van der Waals surface area contributed by atoms with E-state index < -0.39 is 0 Å². The molecule has 0 unspecified atom stereocenters. The molecule has 0 nitrogen and oxygen atoms in total. The monoisotopic (exact) mass is 757 g/mol. The zero-order chi connectivity index (χ0) is 43.9. The summed E-state index contributed by atoms with van der Waals surface area (Å²) in [6.45, 7) is 65.3. The minimum atomic E-state index is 0.103. The molecule has 308 valence electrons. The Labute approximate surface area is 347 Å². The van der Waals surface area contributed by atoms with Crippen LogP contribution in [0.3, 0.4) is 0 Å². The van der Waals surface area contributed by atoms with Crippen LogP contribution in [0.15, 0.2) is 0 Å². The van der Waals surface area contributed by atoms with Crippen molar-refractivity contribution in [2.24, 2.45) is 0 Å². The summed E-state index contributed by atoms with van der Waals surface area (Å²) in [5, 5.41) is 0. The first-order valence-electron chi connectivity index (χ1n) is 21.5. The van der Waals surface area contributed by atoms with Crippen molar-refractivity contribution in [1.29, 1.82) is 0 Å². The summed E-state index contributed by atoms with van der Waals surface area (Å²) in [5.41, 5.74) is 35.7. The van der Waals surface area contributed by atoms with Crippen LogP contribution >= 0.6 is 0 Å². The Hall–Kier alpha value is -3.12. The maximum atomic E-state index is 2.36. The second-order valence-corrected chi connectivity index (χ2v) is 22.0. The molecule has 4 rings (SSSR count). The highest BCUT2D eigenvalue weighted by atomic mass is 14.4. The molecule has 0 aliphatic heterocycles. The van der Waals surface area contributed by atoms with Gasteiger partial charge in [-0.25, -0.2) is 0 Å². The quantitative estimate of drug-likeness (QED) is 0.191. The Morgan fingerprint density at radius 2 is 0.304 bits per heavy atom. The van der Waals surface area contributed by atoms with Crippen LogP contribution in [0, 0.1) is 111 Å². The summed E-state index contributed by atoms with van der Waals surface area (Å²) < 4.78 is 0. The minimum absolute atomic E-state index is 0.103. The van der Waals surface area contributed by atoms with E-state index >= 15 is 0 Å². The lowest BCUT2D eigenvalue weighted by molar-refractivity contribution is 0.579. The molecule has 0 fully saturated rings. The summed E-state index contributed by atoms with van der Waals surface area (Å²) >= 11 is 0. The van der Waals surface area contributed by atoms with Crippen molar-refractivity contribution in [3.8, 4) is 22.3 Å². The number of hydrogen-bond donors (Lipinski definition) is 0. The summed E-state index contributed by atoms with van der Waals surface area (Å²) in [6, 6.07) is 0. The first kappa shape index (κ1) is 47.3. The molecule has 0 radical (unpaired) electrons. The van der Waals surface area contributed by atoms with E-state index in [1.54, 1.807) is 0 Å². The summed E-state index contributed by atoms with van der Waals surface area (Å²) in [5.74, 6) is 0. The van der Waals surface area contributed by atoms with Crippen molar-refractivity contribution in [2.75, 3.05) is 0 Å². The Kier molecular flexibility index (Phi) is 13.1. The van der Waals surface area contributed by atoms with Crippen molar-refractivity contribution in [3.05, 3.63) is 111 Å². The molecule has 56 heavy (non-hydrogen) atoms. The second kappa shape index (κ2) is 15.6. The van der Waals surface area contributed by atoms with Crippen molar-refractivity contribution in [1.82, 2.24) is 0 Å². The van der Waals surface area contributed by atoms with Gasteiger partial charge < -0.3 is 0 Å². The van der Waals surface area contributed by atoms with E-state index in [4.69, 9.17) is 0 Å². The Morgan fingerprint density at radius 3 is 0.500 bits per heavy atom. The molecule has 0 aromatic heterocycles. The number of benzene rings is 4. The lowest BCUT2D eigenvalue weighted by Crippen LogP contribution is -2.20. The molecule has 0 heterocycles. The molecule has 4 aromatic rings. The zero-order valence-electron chi connectivity index (χ0n) is 42.0. The maximum absolute atomic E-state index is 2.36. The highest BCUT2D eigenvalue weighted by Gasteiger charge is 2.31. The van der Waals surface area contributed by atoms with Crippen LogP contribution < -0.4 is 0 Å². The van der Waals surface area contributed by atoms with Gasteiger partial charge in [-0.3, -0.25) is 0 Å². The molecule has 0 saturated carbocycles. The first-order chi connectivity index (χ1) is 25.1. The largest absolute Gasteiger partial charge is 0.0561 e. The van der Waals surface area contributed by atoms with Crippen LogP contribution in [0.5, 0.6) is 0 Å². The van der Waals surface area contributed by atoms with Gasteiger partial charge in [0.15, 0.2) is 0 Å². The van der Waals surface area contributed by atoms with E-state index in [0.29, 0.717) is 0 Å². The van der Waals surface area contributed by atoms with E-state index in [-0.39, 0.29) is 21.7 Å². The fraction of sp³-hybridized carbons (Fsp3) is 0.571. The Morgan fingerprint density at radius 1 is 0.161 bits per heavy atom. The predicted octanol–water partition coefficient (Wildman–Crippen LogP) is 16.8. The molecule has 0 heteroatoms. The van der Waals surface area contributed by atoms with Gasteiger partial charge in [-0.15, -0.1) is 0 Å². The van der Waals surface area contributed by atoms with E-state index in [2.05, 4.69) is 194 Å². The fourth-order valence-corrected chi connectivity index (χ4v) is 11.0. The molecule has 0 aliphatic carbocycles. The number of rotatable bonds is 2. The van der Waals surface area contributed by atoms with Gasteiger partial charge in [-0.2, -0.15) is 0 Å². The van der Waals surface area contributed by atoms with Gasteiger partial charge in [0.2, 0.25) is 0 Å². The zero-order valence-corrected chi connectivity index (χ0v) is 42.0. The van der Waals surface area contributed by atoms with Crippen molar-refractivity contribution < 1.29 is 0 Å². The van der Waals surface area contributed by atoms with Gasteiger partial charge in [0, 0.05) is 0 Å². The van der Waals surface area contributed by atoms with E-state index in [0.717, 1.165) is 0 Å². The smallest absolute Gasteiger partial charge is 0.0106 e. The van der Waals surface area contributed by atoms with E-state index in [9.17, 15) is 0 Å². The van der Waals surface area contributed by atoms with Crippen LogP contribution in [0.2, 0.25) is 0 Å². The summed E-state index contributed by atoms with van der Waals surface area (Å²) in [4.78, 5) is 0. The van der Waals surface area contributed by atoms with Crippen LogP contribution in [0.25, 0.3) is 22.3 Å². The highest BCUT2D eigenvalue weighted by Crippen LogP contribution is 2.47. The first-order valence-corrected chi connectivity index (χ1v) is 21.5. The standard InChI is InChI=1S/2C28H42/c1-15-19(5)25(27(9,10)11)20(6)16(2)23(15)24-17(3)21(7)26(28(12,13)14)22(8)18(24)4;1-15-16(2)20(6)26(28(12,13)14)24(17(15)3)23-18(4)21(7)25(27(9,10)11)22(8)19(23)5/h2*1-14H3. The summed E-state index contributed by atoms with van der Waals surface area (Å²) in [6.07, 6.45) is 0. The highest BCUT2D eigenvalue weighted by molar-refractivity contribution is 5.84. The van der Waals surface area contributed by atoms with Crippen LogP contribution in [0.4, 0.5) is 0 Å². The third-order valence-electron chi connectivity index (χ3n) is 14.1. The fourth-order valence-electron chi connectivity index (χ4n) is 11.0. The molecule has 0 N–H and O–H groups in total. The van der Waals surface area contributed by atoms with Gasteiger partial charge in [-0.1, -0.05) is 83.1 Å². The molecule has 0 atom stereocenters. The van der Waals surface area contributed by atoms with Gasteiger partial charge in [0.25, 0.3) is 0 Å². The Bertz CT molecular complexity index is 2030. The van der Waals surface area contributed by atoms with Gasteiger partial charge in [0.1, 0.15) is 0 Å². The Balaban J connectivity index is 0.000000300. The summed E-state index contributed by atoms with van der Waals surface area (Å²) in [7, 11) is 0. The molecule has 0 aliphatic rings. The van der Waals surface area contributed by atoms with Crippen LogP contribution in [0.1, 0.15) is 194 Å². The van der Waals surface area contributed by atoms with Gasteiger partial charge >= 0.3 is 0 Å². The van der Waals surface area contributed by atoms with Gasteiger partial charge in [0.05, 0.1) is 0 Å². The molecule has 4 aromatic carbocycles. The van der Waals surface area contributed by atoms with Crippen molar-refractivity contribution in [3.63, 3.8) is 0 Å². The van der Waals surface area contributed by atoms with E-state index in [1.165, 1.54) is 134 Å². The molecule has 0 amide bonds. The van der Waals surface area contributed by atoms with Crippen molar-refractivity contribution >= 4 is 0 Å². The average Bonchev–Trinajstić information content (AvgIpc) is 3.03. The topological polar surface area (TPSA) is 0 Å². The SMILES string of the molecule is Cc1c(C)c(C(C)(C)C)c(C)c(C)c1-c1c(C)c(C)c(C(C)(C)C)c(C)c1C.Cc1c(C)c(C)c(C(C)(C)C)c(-c2c(C)c(C)c(C(C)(C)C)c(C)c2C)c1C. The lowest BCUT2D eigenvalue weighted by Gasteiger charge is -2.34. The third kappa shape index (κ3) is 8.12. The molecular formula is C56H84. The normalized spacial score (nSPS) is 12.6. The predicted molar refractivity (Wildman–Crippen MR) is 254 cm³/mol. The molecule has 0 spiro atoms. The van der Waals surface area contributed by atoms with Crippen molar-refractivity contribution in [2.45, 2.75) is 216 Å². The molecule has 0 saturated heterocycles. The van der Waals surface area contributed by atoms with Crippen LogP contribution in [-0.4, -0.2) is 0 Å². The minimum Gasteiger partial charge on any atom is -0.0561 e. The van der Waals surface area contributed by atoms with E-state index in [1.807, 2.05) is 0 Å². The third-order valence-corrected chi connectivity index (χ3v) is 14.1. The second-order valence-electron chi connectivity index (χ2n) is 22.0. The molecular weight excluding hydrogens is 673 g/mol. The molecule has 0 bridgehead atoms. The van der Waals surface area contributed by atoms with Crippen LogP contribution in [-0.2, 0) is 21.7 Å².